The van der Waals surface area contributed by atoms with Gasteiger partial charge in [-0.3, -0.25) is 0 Å². The first-order chi connectivity index (χ1) is 8.57. The number of aryl methyl sites for hydroxylation is 2. The summed E-state index contributed by atoms with van der Waals surface area (Å²) in [5.41, 5.74) is 4.70. The van der Waals surface area contributed by atoms with Gasteiger partial charge in [0.15, 0.2) is 0 Å². The van der Waals surface area contributed by atoms with E-state index in [1.54, 1.807) is 0 Å². The fraction of sp³-hybridized carbons (Fsp3) is 0.647. The van der Waals surface area contributed by atoms with Crippen LogP contribution in [-0.4, -0.2) is 6.54 Å². The first-order valence-corrected chi connectivity index (χ1v) is 7.35. The molecule has 1 aromatic carbocycles. The molecule has 0 spiro atoms. The average Bonchev–Trinajstić information content (AvgIpc) is 2.28. The maximum Gasteiger partial charge on any atom is 0.0205 e. The van der Waals surface area contributed by atoms with Crippen molar-refractivity contribution in [3.8, 4) is 0 Å². The fourth-order valence-corrected chi connectivity index (χ4v) is 3.26. The van der Waals surface area contributed by atoms with Crippen molar-refractivity contribution in [2.45, 2.75) is 59.4 Å². The van der Waals surface area contributed by atoms with E-state index in [2.05, 4.69) is 44.3 Å². The van der Waals surface area contributed by atoms with E-state index in [0.29, 0.717) is 5.41 Å². The summed E-state index contributed by atoms with van der Waals surface area (Å²) in [4.78, 5) is 0. The number of benzene rings is 1. The Morgan fingerprint density at radius 1 is 1.00 bits per heavy atom. The fourth-order valence-electron chi connectivity index (χ4n) is 3.26. The molecular formula is C17H27N. The van der Waals surface area contributed by atoms with Gasteiger partial charge in [0.25, 0.3) is 0 Å². The molecule has 1 nitrogen and oxygen atoms in total. The highest BCUT2D eigenvalue weighted by molar-refractivity contribution is 5.28. The lowest BCUT2D eigenvalue weighted by molar-refractivity contribution is 0.207. The molecule has 0 radical (unpaired) electrons. The molecule has 0 amide bonds. The predicted molar refractivity (Wildman–Crippen MR) is 78.8 cm³/mol. The van der Waals surface area contributed by atoms with Crippen LogP contribution in [0.15, 0.2) is 18.2 Å². The number of hydrogen-bond acceptors (Lipinski definition) is 1. The number of hydrogen-bond donors (Lipinski definition) is 1. The second-order valence-corrected chi connectivity index (χ2v) is 6.47. The van der Waals surface area contributed by atoms with Crippen LogP contribution in [0.1, 0.15) is 55.7 Å². The Hall–Kier alpha value is -0.820. The van der Waals surface area contributed by atoms with Gasteiger partial charge in [0.05, 0.1) is 0 Å². The second kappa shape index (κ2) is 5.88. The van der Waals surface area contributed by atoms with E-state index in [1.165, 1.54) is 55.3 Å². The van der Waals surface area contributed by atoms with Gasteiger partial charge in [0, 0.05) is 13.1 Å². The third kappa shape index (κ3) is 3.84. The van der Waals surface area contributed by atoms with Gasteiger partial charge in [-0.05, 0) is 37.7 Å². The lowest BCUT2D eigenvalue weighted by atomic mass is 9.76. The quantitative estimate of drug-likeness (QED) is 0.831. The van der Waals surface area contributed by atoms with Crippen LogP contribution in [0.25, 0.3) is 0 Å². The molecule has 1 heteroatoms. The van der Waals surface area contributed by atoms with Crippen molar-refractivity contribution >= 4 is 0 Å². The van der Waals surface area contributed by atoms with E-state index in [4.69, 9.17) is 0 Å². The molecule has 0 unspecified atom stereocenters. The van der Waals surface area contributed by atoms with Gasteiger partial charge in [-0.1, -0.05) is 55.5 Å². The van der Waals surface area contributed by atoms with Crippen molar-refractivity contribution in [2.75, 3.05) is 6.54 Å². The van der Waals surface area contributed by atoms with Gasteiger partial charge in [0.2, 0.25) is 0 Å². The van der Waals surface area contributed by atoms with Crippen LogP contribution in [0.3, 0.4) is 0 Å². The summed E-state index contributed by atoms with van der Waals surface area (Å²) >= 11 is 0. The molecule has 1 aliphatic carbocycles. The lowest BCUT2D eigenvalue weighted by Gasteiger charge is -2.33. The van der Waals surface area contributed by atoms with Crippen LogP contribution in [-0.2, 0) is 6.54 Å². The average molecular weight is 245 g/mol. The highest BCUT2D eigenvalue weighted by Crippen LogP contribution is 2.34. The van der Waals surface area contributed by atoms with Gasteiger partial charge >= 0.3 is 0 Å². The van der Waals surface area contributed by atoms with E-state index in [0.717, 1.165) is 6.54 Å². The molecule has 0 heterocycles. The Morgan fingerprint density at radius 3 is 2.22 bits per heavy atom. The first-order valence-electron chi connectivity index (χ1n) is 7.35. The van der Waals surface area contributed by atoms with E-state index in [-0.39, 0.29) is 0 Å². The van der Waals surface area contributed by atoms with E-state index in [9.17, 15) is 0 Å². The Balaban J connectivity index is 1.84. The van der Waals surface area contributed by atoms with Crippen molar-refractivity contribution in [1.82, 2.24) is 5.32 Å². The summed E-state index contributed by atoms with van der Waals surface area (Å²) in [7, 11) is 0. The van der Waals surface area contributed by atoms with Crippen molar-refractivity contribution in [1.29, 1.82) is 0 Å². The Bertz CT molecular complexity index is 368. The van der Waals surface area contributed by atoms with Crippen LogP contribution in [0, 0.1) is 19.3 Å². The highest BCUT2D eigenvalue weighted by Gasteiger charge is 2.25. The van der Waals surface area contributed by atoms with E-state index >= 15 is 0 Å². The standard InChI is InChI=1S/C17H27N/c1-14-9-15(2)11-16(10-14)12-18-13-17(3)7-5-4-6-8-17/h9-11,18H,4-8,12-13H2,1-3H3. The second-order valence-electron chi connectivity index (χ2n) is 6.47. The summed E-state index contributed by atoms with van der Waals surface area (Å²) in [6, 6.07) is 6.83. The molecule has 1 aliphatic rings. The van der Waals surface area contributed by atoms with E-state index < -0.39 is 0 Å². The van der Waals surface area contributed by atoms with Crippen LogP contribution in [0.4, 0.5) is 0 Å². The molecule has 1 saturated carbocycles. The molecule has 100 valence electrons. The van der Waals surface area contributed by atoms with Gasteiger partial charge < -0.3 is 5.32 Å². The molecule has 2 rings (SSSR count). The summed E-state index contributed by atoms with van der Waals surface area (Å²) < 4.78 is 0. The minimum absolute atomic E-state index is 0.539. The summed E-state index contributed by atoms with van der Waals surface area (Å²) in [6.07, 6.45) is 7.07. The smallest absolute Gasteiger partial charge is 0.0205 e. The number of nitrogens with one attached hydrogen (secondary N) is 1. The van der Waals surface area contributed by atoms with Crippen molar-refractivity contribution < 1.29 is 0 Å². The van der Waals surface area contributed by atoms with Gasteiger partial charge in [0.1, 0.15) is 0 Å². The summed E-state index contributed by atoms with van der Waals surface area (Å²) in [5.74, 6) is 0. The zero-order valence-corrected chi connectivity index (χ0v) is 12.2. The zero-order chi connectivity index (χ0) is 13.0. The topological polar surface area (TPSA) is 12.0 Å². The Labute approximate surface area is 112 Å². The lowest BCUT2D eigenvalue weighted by Crippen LogP contribution is -2.33. The molecular weight excluding hydrogens is 218 g/mol. The van der Waals surface area contributed by atoms with Crippen LogP contribution < -0.4 is 5.32 Å². The highest BCUT2D eigenvalue weighted by atomic mass is 14.9. The third-order valence-corrected chi connectivity index (χ3v) is 4.22. The van der Waals surface area contributed by atoms with Crippen LogP contribution in [0.5, 0.6) is 0 Å². The van der Waals surface area contributed by atoms with Crippen molar-refractivity contribution in [2.24, 2.45) is 5.41 Å². The zero-order valence-electron chi connectivity index (χ0n) is 12.2. The maximum absolute atomic E-state index is 3.67. The Morgan fingerprint density at radius 2 is 1.61 bits per heavy atom. The van der Waals surface area contributed by atoms with Gasteiger partial charge in [-0.15, -0.1) is 0 Å². The maximum atomic E-state index is 3.67. The molecule has 0 bridgehead atoms. The number of rotatable bonds is 4. The first kappa shape index (κ1) is 13.6. The summed E-state index contributed by atoms with van der Waals surface area (Å²) in [6.45, 7) is 8.98. The van der Waals surface area contributed by atoms with Crippen LogP contribution >= 0.6 is 0 Å². The SMILES string of the molecule is Cc1cc(C)cc(CNCC2(C)CCCCC2)c1. The molecule has 1 aromatic rings. The normalized spacial score (nSPS) is 18.8. The minimum atomic E-state index is 0.539. The van der Waals surface area contributed by atoms with Crippen LogP contribution in [0.2, 0.25) is 0 Å². The third-order valence-electron chi connectivity index (χ3n) is 4.22. The van der Waals surface area contributed by atoms with Crippen molar-refractivity contribution in [3.63, 3.8) is 0 Å². The molecule has 0 saturated heterocycles. The molecule has 0 aliphatic heterocycles. The molecule has 1 fully saturated rings. The molecule has 0 aromatic heterocycles. The molecule has 1 N–H and O–H groups in total. The monoisotopic (exact) mass is 245 g/mol. The molecule has 18 heavy (non-hydrogen) atoms. The summed E-state index contributed by atoms with van der Waals surface area (Å²) in [5, 5.41) is 3.67. The van der Waals surface area contributed by atoms with E-state index in [1.807, 2.05) is 0 Å². The Kier molecular flexibility index (Phi) is 4.45. The minimum Gasteiger partial charge on any atom is -0.312 e. The predicted octanol–water partition coefficient (Wildman–Crippen LogP) is 4.36. The molecule has 0 atom stereocenters. The van der Waals surface area contributed by atoms with Gasteiger partial charge in [-0.25, -0.2) is 0 Å². The van der Waals surface area contributed by atoms with Gasteiger partial charge in [-0.2, -0.15) is 0 Å². The largest absolute Gasteiger partial charge is 0.312 e. The van der Waals surface area contributed by atoms with Crippen molar-refractivity contribution in [3.05, 3.63) is 34.9 Å².